The minimum atomic E-state index is -0.604. The first-order valence-electron chi connectivity index (χ1n) is 12.4. The van der Waals surface area contributed by atoms with Gasteiger partial charge in [-0.25, -0.2) is 0 Å². The Kier molecular flexibility index (Phi) is 11.4. The maximum Gasteiger partial charge on any atom is 0.243 e. The zero-order chi connectivity index (χ0) is 25.8. The van der Waals surface area contributed by atoms with E-state index in [2.05, 4.69) is 43.4 Å². The first-order chi connectivity index (χ1) is 17.5. The molecule has 0 aliphatic rings. The van der Waals surface area contributed by atoms with Crippen LogP contribution < -0.4 is 5.32 Å². The van der Waals surface area contributed by atoms with Gasteiger partial charge in [0.1, 0.15) is 6.04 Å². The number of benzene rings is 3. The van der Waals surface area contributed by atoms with E-state index in [-0.39, 0.29) is 11.8 Å². The van der Waals surface area contributed by atoms with Crippen molar-refractivity contribution >= 4 is 35.2 Å². The van der Waals surface area contributed by atoms with E-state index in [0.717, 1.165) is 29.7 Å². The highest BCUT2D eigenvalue weighted by molar-refractivity contribution is 7.99. The number of hydrogen-bond donors (Lipinski definition) is 1. The molecule has 1 N–H and O–H groups in total. The van der Waals surface area contributed by atoms with E-state index < -0.39 is 6.04 Å². The quantitative estimate of drug-likeness (QED) is 0.263. The number of amides is 2. The van der Waals surface area contributed by atoms with E-state index >= 15 is 0 Å². The molecule has 4 nitrogen and oxygen atoms in total. The van der Waals surface area contributed by atoms with Crippen LogP contribution >= 0.6 is 23.4 Å². The van der Waals surface area contributed by atoms with Gasteiger partial charge in [0, 0.05) is 30.3 Å². The molecule has 2 amide bonds. The molecule has 0 heterocycles. The molecule has 0 aliphatic heterocycles. The molecular weight excluding hydrogens is 488 g/mol. The van der Waals surface area contributed by atoms with Crippen LogP contribution in [0.2, 0.25) is 5.02 Å². The van der Waals surface area contributed by atoms with Gasteiger partial charge in [-0.3, -0.25) is 9.59 Å². The highest BCUT2D eigenvalue weighted by atomic mass is 35.5. The van der Waals surface area contributed by atoms with Crippen LogP contribution in [-0.4, -0.2) is 35.1 Å². The van der Waals surface area contributed by atoms with Crippen LogP contribution in [0.4, 0.5) is 0 Å². The third kappa shape index (κ3) is 9.03. The van der Waals surface area contributed by atoms with E-state index in [1.54, 1.807) is 16.7 Å². The number of nitrogens with zero attached hydrogens (tertiary/aromatic N) is 1. The van der Waals surface area contributed by atoms with Gasteiger partial charge in [0.05, 0.1) is 5.75 Å². The lowest BCUT2D eigenvalue weighted by Gasteiger charge is -2.31. The minimum Gasteiger partial charge on any atom is -0.354 e. The minimum absolute atomic E-state index is 0.0476. The second-order valence-corrected chi connectivity index (χ2v) is 10.4. The van der Waals surface area contributed by atoms with Gasteiger partial charge < -0.3 is 10.2 Å². The lowest BCUT2D eigenvalue weighted by atomic mass is 10.0. The number of hydrogen-bond acceptors (Lipinski definition) is 3. The summed E-state index contributed by atoms with van der Waals surface area (Å²) >= 11 is 7.67. The van der Waals surface area contributed by atoms with Crippen molar-refractivity contribution in [2.24, 2.45) is 0 Å². The largest absolute Gasteiger partial charge is 0.354 e. The SMILES string of the molecule is CCCCNC(=O)[C@H](Cc1ccccc1)N(Cc1ccc(Cl)cc1)C(=O)CSCc1ccc(C)cc1. The smallest absolute Gasteiger partial charge is 0.243 e. The predicted octanol–water partition coefficient (Wildman–Crippen LogP) is 6.44. The molecule has 0 aliphatic carbocycles. The van der Waals surface area contributed by atoms with Crippen LogP contribution in [0.25, 0.3) is 0 Å². The highest BCUT2D eigenvalue weighted by Crippen LogP contribution is 2.20. The summed E-state index contributed by atoms with van der Waals surface area (Å²) in [5.74, 6) is 0.883. The number of halogens is 1. The van der Waals surface area contributed by atoms with Crippen molar-refractivity contribution in [3.05, 3.63) is 106 Å². The molecular formula is C30H35ClN2O2S. The van der Waals surface area contributed by atoms with Crippen LogP contribution in [0.3, 0.4) is 0 Å². The molecule has 3 aromatic rings. The third-order valence-electron chi connectivity index (χ3n) is 5.98. The van der Waals surface area contributed by atoms with Crippen molar-refractivity contribution in [1.29, 1.82) is 0 Å². The first kappa shape index (κ1) is 27.8. The van der Waals surface area contributed by atoms with Crippen LogP contribution in [0, 0.1) is 6.92 Å². The number of thioether (sulfide) groups is 1. The molecule has 36 heavy (non-hydrogen) atoms. The summed E-state index contributed by atoms with van der Waals surface area (Å²) in [6, 6.07) is 25.1. The summed E-state index contributed by atoms with van der Waals surface area (Å²) in [6.45, 7) is 5.11. The van der Waals surface area contributed by atoms with Gasteiger partial charge in [-0.05, 0) is 42.2 Å². The van der Waals surface area contributed by atoms with Crippen molar-refractivity contribution in [1.82, 2.24) is 10.2 Å². The molecule has 3 rings (SSSR count). The fraction of sp³-hybridized carbons (Fsp3) is 0.333. The zero-order valence-electron chi connectivity index (χ0n) is 21.1. The first-order valence-corrected chi connectivity index (χ1v) is 14.0. The molecule has 190 valence electrons. The van der Waals surface area contributed by atoms with E-state index in [1.807, 2.05) is 54.6 Å². The van der Waals surface area contributed by atoms with Crippen molar-refractivity contribution in [2.45, 2.75) is 51.4 Å². The Morgan fingerprint density at radius 3 is 2.25 bits per heavy atom. The van der Waals surface area contributed by atoms with Crippen LogP contribution in [0.1, 0.15) is 42.0 Å². The summed E-state index contributed by atoms with van der Waals surface area (Å²) in [4.78, 5) is 28.8. The van der Waals surface area contributed by atoms with Crippen LogP contribution in [0.5, 0.6) is 0 Å². The average molecular weight is 523 g/mol. The number of rotatable bonds is 13. The van der Waals surface area contributed by atoms with Gasteiger partial charge in [0.25, 0.3) is 0 Å². The van der Waals surface area contributed by atoms with Gasteiger partial charge in [-0.2, -0.15) is 0 Å². The summed E-state index contributed by atoms with van der Waals surface area (Å²) < 4.78 is 0. The number of aryl methyl sites for hydroxylation is 1. The van der Waals surface area contributed by atoms with Crippen molar-refractivity contribution in [3.8, 4) is 0 Å². The normalized spacial score (nSPS) is 11.6. The molecule has 0 bridgehead atoms. The maximum absolute atomic E-state index is 13.6. The molecule has 6 heteroatoms. The van der Waals surface area contributed by atoms with Gasteiger partial charge in [-0.1, -0.05) is 97.2 Å². The second kappa shape index (κ2) is 14.7. The lowest BCUT2D eigenvalue weighted by molar-refractivity contribution is -0.139. The van der Waals surface area contributed by atoms with E-state index in [1.165, 1.54) is 11.1 Å². The Bertz CT molecular complexity index is 1090. The molecule has 0 aromatic heterocycles. The molecule has 0 unspecified atom stereocenters. The molecule has 0 saturated carbocycles. The summed E-state index contributed by atoms with van der Waals surface area (Å²) in [5.41, 5.74) is 4.36. The topological polar surface area (TPSA) is 49.4 Å². The monoisotopic (exact) mass is 522 g/mol. The van der Waals surface area contributed by atoms with Gasteiger partial charge in [0.2, 0.25) is 11.8 Å². The standard InChI is InChI=1S/C30H35ClN2O2S/c1-3-4-18-32-30(35)28(19-24-8-6-5-7-9-24)33(20-25-14-16-27(31)17-15-25)29(34)22-36-21-26-12-10-23(2)11-13-26/h5-17,28H,3-4,18-22H2,1-2H3,(H,32,35)/t28-/m0/s1. The molecule has 0 radical (unpaired) electrons. The number of nitrogens with one attached hydrogen (secondary N) is 1. The number of carbonyl (C=O) groups excluding carboxylic acids is 2. The maximum atomic E-state index is 13.6. The molecule has 1 atom stereocenters. The highest BCUT2D eigenvalue weighted by Gasteiger charge is 2.30. The fourth-order valence-corrected chi connectivity index (χ4v) is 4.87. The fourth-order valence-electron chi connectivity index (χ4n) is 3.87. The molecule has 0 spiro atoms. The third-order valence-corrected chi connectivity index (χ3v) is 7.22. The summed E-state index contributed by atoms with van der Waals surface area (Å²) in [6.07, 6.45) is 2.36. The Morgan fingerprint density at radius 1 is 0.917 bits per heavy atom. The Labute approximate surface area is 224 Å². The Morgan fingerprint density at radius 2 is 1.58 bits per heavy atom. The molecule has 0 fully saturated rings. The van der Waals surface area contributed by atoms with Gasteiger partial charge >= 0.3 is 0 Å². The average Bonchev–Trinajstić information content (AvgIpc) is 2.89. The molecule has 0 saturated heterocycles. The predicted molar refractivity (Wildman–Crippen MR) is 151 cm³/mol. The second-order valence-electron chi connectivity index (χ2n) is 8.98. The van der Waals surface area contributed by atoms with E-state index in [9.17, 15) is 9.59 Å². The summed E-state index contributed by atoms with van der Waals surface area (Å²) in [5, 5.41) is 3.70. The van der Waals surface area contributed by atoms with Crippen LogP contribution in [-0.2, 0) is 28.3 Å². The van der Waals surface area contributed by atoms with E-state index in [0.29, 0.717) is 30.3 Å². The Balaban J connectivity index is 1.81. The van der Waals surface area contributed by atoms with Gasteiger partial charge in [0.15, 0.2) is 0 Å². The van der Waals surface area contributed by atoms with Crippen LogP contribution in [0.15, 0.2) is 78.9 Å². The Hall–Kier alpha value is -2.76. The van der Waals surface area contributed by atoms with Crippen molar-refractivity contribution < 1.29 is 9.59 Å². The lowest BCUT2D eigenvalue weighted by Crippen LogP contribution is -2.51. The number of carbonyl (C=O) groups is 2. The van der Waals surface area contributed by atoms with E-state index in [4.69, 9.17) is 11.6 Å². The van der Waals surface area contributed by atoms with Crippen molar-refractivity contribution in [2.75, 3.05) is 12.3 Å². The molecule has 3 aromatic carbocycles. The zero-order valence-corrected chi connectivity index (χ0v) is 22.7. The van der Waals surface area contributed by atoms with Crippen molar-refractivity contribution in [3.63, 3.8) is 0 Å². The summed E-state index contributed by atoms with van der Waals surface area (Å²) in [7, 11) is 0. The number of unbranched alkanes of at least 4 members (excludes halogenated alkanes) is 1. The van der Waals surface area contributed by atoms with Gasteiger partial charge in [-0.15, -0.1) is 11.8 Å².